The Balaban J connectivity index is 1.86. The van der Waals surface area contributed by atoms with E-state index in [9.17, 15) is 4.79 Å². The molecule has 0 unspecified atom stereocenters. The predicted octanol–water partition coefficient (Wildman–Crippen LogP) is 1.74. The zero-order chi connectivity index (χ0) is 13.4. The van der Waals surface area contributed by atoms with Gasteiger partial charge in [0.1, 0.15) is 12.1 Å². The van der Waals surface area contributed by atoms with Gasteiger partial charge in [0, 0.05) is 17.0 Å². The molecule has 3 N–H and O–H groups in total. The van der Waals surface area contributed by atoms with Crippen LogP contribution in [0.2, 0.25) is 0 Å². The summed E-state index contributed by atoms with van der Waals surface area (Å²) in [4.78, 5) is 20.2. The van der Waals surface area contributed by atoms with E-state index in [0.29, 0.717) is 22.8 Å². The zero-order valence-corrected chi connectivity index (χ0v) is 10.8. The molecule has 1 atom stereocenters. The summed E-state index contributed by atoms with van der Waals surface area (Å²) in [5, 5.41) is 3.80. The van der Waals surface area contributed by atoms with Crippen LogP contribution in [0.4, 0.5) is 5.82 Å². The molecule has 1 aromatic heterocycles. The van der Waals surface area contributed by atoms with Crippen LogP contribution in [-0.4, -0.2) is 21.9 Å². The number of hydrogen-bond acceptors (Lipinski definition) is 4. The van der Waals surface area contributed by atoms with Crippen molar-refractivity contribution in [2.75, 3.05) is 5.73 Å². The van der Waals surface area contributed by atoms with Gasteiger partial charge >= 0.3 is 0 Å². The molecule has 1 fully saturated rings. The average Bonchev–Trinajstić information content (AvgIpc) is 3.23. The molecule has 3 rings (SSSR count). The highest BCUT2D eigenvalue weighted by Crippen LogP contribution is 2.32. The highest BCUT2D eigenvalue weighted by atomic mass is 16.1. The number of carbonyl (C=O) groups excluding carboxylic acids is 1. The number of anilines is 1. The molecule has 0 aliphatic heterocycles. The first-order chi connectivity index (χ1) is 9.15. The third kappa shape index (κ3) is 2.36. The first-order valence-electron chi connectivity index (χ1n) is 6.46. The second-order valence-corrected chi connectivity index (χ2v) is 5.09. The molecule has 0 saturated heterocycles. The Labute approximate surface area is 111 Å². The topological polar surface area (TPSA) is 80.9 Å². The summed E-state index contributed by atoms with van der Waals surface area (Å²) in [6.45, 7) is 2.05. The van der Waals surface area contributed by atoms with Crippen molar-refractivity contribution < 1.29 is 4.79 Å². The molecule has 0 spiro atoms. The van der Waals surface area contributed by atoms with Crippen LogP contribution >= 0.6 is 0 Å². The fourth-order valence-corrected chi connectivity index (χ4v) is 2.22. The summed E-state index contributed by atoms with van der Waals surface area (Å²) >= 11 is 0. The van der Waals surface area contributed by atoms with Gasteiger partial charge in [-0.3, -0.25) is 4.79 Å². The van der Waals surface area contributed by atoms with Crippen molar-refractivity contribution in [3.05, 3.63) is 30.1 Å². The smallest absolute Gasteiger partial charge is 0.251 e. The van der Waals surface area contributed by atoms with Crippen LogP contribution in [0.5, 0.6) is 0 Å². The summed E-state index contributed by atoms with van der Waals surface area (Å²) in [5.41, 5.74) is 7.06. The normalized spacial score (nSPS) is 16.3. The first-order valence-corrected chi connectivity index (χ1v) is 6.46. The predicted molar refractivity (Wildman–Crippen MR) is 73.6 cm³/mol. The molecule has 5 nitrogen and oxygen atoms in total. The largest absolute Gasteiger partial charge is 0.383 e. The number of nitrogens with zero attached hydrogens (tertiary/aromatic N) is 2. The van der Waals surface area contributed by atoms with Gasteiger partial charge in [-0.1, -0.05) is 0 Å². The van der Waals surface area contributed by atoms with Gasteiger partial charge in [0.25, 0.3) is 5.91 Å². The molecule has 98 valence electrons. The molecule has 1 saturated carbocycles. The van der Waals surface area contributed by atoms with E-state index in [0.717, 1.165) is 5.39 Å². The second kappa shape index (κ2) is 4.50. The van der Waals surface area contributed by atoms with Crippen molar-refractivity contribution in [1.29, 1.82) is 0 Å². The molecular weight excluding hydrogens is 240 g/mol. The monoisotopic (exact) mass is 256 g/mol. The van der Waals surface area contributed by atoms with E-state index in [-0.39, 0.29) is 11.9 Å². The van der Waals surface area contributed by atoms with Crippen LogP contribution in [0.25, 0.3) is 10.9 Å². The van der Waals surface area contributed by atoms with Gasteiger partial charge < -0.3 is 11.1 Å². The van der Waals surface area contributed by atoms with Gasteiger partial charge in [-0.05, 0) is 43.9 Å². The van der Waals surface area contributed by atoms with Crippen molar-refractivity contribution >= 4 is 22.6 Å². The standard InChI is InChI=1S/C14H16N4O/c1-8(9-2-3-9)18-14(19)10-4-5-11-12(6-10)16-7-17-13(11)15/h4-9H,2-3H2,1H3,(H,18,19)(H2,15,16,17)/t8-/m1/s1. The number of nitrogen functional groups attached to an aromatic ring is 1. The first kappa shape index (κ1) is 11.9. The summed E-state index contributed by atoms with van der Waals surface area (Å²) in [7, 11) is 0. The fourth-order valence-electron chi connectivity index (χ4n) is 2.22. The van der Waals surface area contributed by atoms with E-state index in [1.54, 1.807) is 18.2 Å². The number of carbonyl (C=O) groups is 1. The molecule has 1 aromatic carbocycles. The van der Waals surface area contributed by atoms with Crippen molar-refractivity contribution in [2.45, 2.75) is 25.8 Å². The minimum absolute atomic E-state index is 0.0570. The number of aromatic nitrogens is 2. The van der Waals surface area contributed by atoms with Crippen molar-refractivity contribution in [3.8, 4) is 0 Å². The number of amides is 1. The molecule has 19 heavy (non-hydrogen) atoms. The lowest BCUT2D eigenvalue weighted by molar-refractivity contribution is 0.0936. The molecule has 0 bridgehead atoms. The van der Waals surface area contributed by atoms with E-state index >= 15 is 0 Å². The lowest BCUT2D eigenvalue weighted by Gasteiger charge is -2.13. The van der Waals surface area contributed by atoms with Gasteiger partial charge in [-0.2, -0.15) is 0 Å². The van der Waals surface area contributed by atoms with Gasteiger partial charge in [-0.15, -0.1) is 0 Å². The third-order valence-electron chi connectivity index (χ3n) is 3.62. The van der Waals surface area contributed by atoms with Crippen LogP contribution in [0.3, 0.4) is 0 Å². The Bertz CT molecular complexity index is 636. The molecule has 0 radical (unpaired) electrons. The Hall–Kier alpha value is -2.17. The maximum atomic E-state index is 12.1. The van der Waals surface area contributed by atoms with Crippen LogP contribution < -0.4 is 11.1 Å². The lowest BCUT2D eigenvalue weighted by atomic mass is 10.1. The van der Waals surface area contributed by atoms with Gasteiger partial charge in [0.05, 0.1) is 5.52 Å². The highest BCUT2D eigenvalue weighted by molar-refractivity contribution is 5.99. The molecule has 5 heteroatoms. The van der Waals surface area contributed by atoms with Crippen molar-refractivity contribution in [3.63, 3.8) is 0 Å². The van der Waals surface area contributed by atoms with E-state index in [2.05, 4.69) is 22.2 Å². The molecular formula is C14H16N4O. The van der Waals surface area contributed by atoms with Gasteiger partial charge in [0.15, 0.2) is 0 Å². The SMILES string of the molecule is C[C@@H](NC(=O)c1ccc2c(N)ncnc2c1)C1CC1. The Morgan fingerprint density at radius 1 is 1.42 bits per heavy atom. The number of hydrogen-bond donors (Lipinski definition) is 2. The Morgan fingerprint density at radius 2 is 2.21 bits per heavy atom. The summed E-state index contributed by atoms with van der Waals surface area (Å²) < 4.78 is 0. The average molecular weight is 256 g/mol. The number of nitrogens with one attached hydrogen (secondary N) is 1. The van der Waals surface area contributed by atoms with Crippen LogP contribution in [0, 0.1) is 5.92 Å². The van der Waals surface area contributed by atoms with Crippen LogP contribution in [-0.2, 0) is 0 Å². The number of nitrogens with two attached hydrogens (primary N) is 1. The zero-order valence-electron chi connectivity index (χ0n) is 10.8. The number of benzene rings is 1. The minimum atomic E-state index is -0.0570. The fraction of sp³-hybridized carbons (Fsp3) is 0.357. The molecule has 1 heterocycles. The number of rotatable bonds is 3. The summed E-state index contributed by atoms with van der Waals surface area (Å²) in [5.74, 6) is 1.02. The molecule has 1 aliphatic rings. The Morgan fingerprint density at radius 3 is 2.95 bits per heavy atom. The molecule has 1 aliphatic carbocycles. The highest BCUT2D eigenvalue weighted by Gasteiger charge is 2.29. The quantitative estimate of drug-likeness (QED) is 0.876. The maximum absolute atomic E-state index is 12.1. The van der Waals surface area contributed by atoms with Crippen molar-refractivity contribution in [2.24, 2.45) is 5.92 Å². The summed E-state index contributed by atoms with van der Waals surface area (Å²) in [6.07, 6.45) is 3.83. The Kier molecular flexibility index (Phi) is 2.81. The van der Waals surface area contributed by atoms with E-state index < -0.39 is 0 Å². The van der Waals surface area contributed by atoms with E-state index in [1.807, 2.05) is 0 Å². The third-order valence-corrected chi connectivity index (χ3v) is 3.62. The second-order valence-electron chi connectivity index (χ2n) is 5.09. The lowest BCUT2D eigenvalue weighted by Crippen LogP contribution is -2.33. The molecule has 2 aromatic rings. The van der Waals surface area contributed by atoms with Crippen LogP contribution in [0.15, 0.2) is 24.5 Å². The maximum Gasteiger partial charge on any atom is 0.251 e. The van der Waals surface area contributed by atoms with Crippen molar-refractivity contribution in [1.82, 2.24) is 15.3 Å². The molecule has 1 amide bonds. The van der Waals surface area contributed by atoms with E-state index in [4.69, 9.17) is 5.73 Å². The van der Waals surface area contributed by atoms with Crippen LogP contribution in [0.1, 0.15) is 30.1 Å². The summed E-state index contributed by atoms with van der Waals surface area (Å²) in [6, 6.07) is 5.54. The van der Waals surface area contributed by atoms with Gasteiger partial charge in [0.2, 0.25) is 0 Å². The van der Waals surface area contributed by atoms with E-state index in [1.165, 1.54) is 19.2 Å². The van der Waals surface area contributed by atoms with Gasteiger partial charge in [-0.25, -0.2) is 9.97 Å². The number of fused-ring (bicyclic) bond motifs is 1. The minimum Gasteiger partial charge on any atom is -0.383 e.